The minimum absolute atomic E-state index is 0.0366. The highest BCUT2D eigenvalue weighted by Crippen LogP contribution is 2.53. The zero-order valence-corrected chi connectivity index (χ0v) is 22.4. The quantitative estimate of drug-likeness (QED) is 0.190. The van der Waals surface area contributed by atoms with Crippen molar-refractivity contribution in [3.05, 3.63) is 120 Å². The molecule has 0 heterocycles. The molecule has 0 aliphatic heterocycles. The van der Waals surface area contributed by atoms with E-state index < -0.39 is 25.4 Å². The van der Waals surface area contributed by atoms with Crippen LogP contribution in [0.25, 0.3) is 11.1 Å². The fourth-order valence-corrected chi connectivity index (χ4v) is 6.58. The van der Waals surface area contributed by atoms with Gasteiger partial charge < -0.3 is 24.2 Å². The van der Waals surface area contributed by atoms with E-state index in [1.165, 1.54) is 0 Å². The van der Waals surface area contributed by atoms with Crippen molar-refractivity contribution >= 4 is 19.7 Å². The molecular formula is C31H28NO7P. The first-order valence-electron chi connectivity index (χ1n) is 12.9. The number of nitrogens with one attached hydrogen (secondary N) is 1. The number of ether oxygens (including phenoxy) is 1. The standard InChI is InChI=1S/C31H28NO7P/c33-30(34)20-19-29(40(36,38-22-11-3-1-4-12-22)39-23-13-5-2-6-14-23)32-31(35)37-21-28-26-17-9-7-15-24(26)25-16-8-10-18-27(25)28/h1-18,28-29H,19-21H2,(H,32,35)(H,33,34). The number of amides is 1. The lowest BCUT2D eigenvalue weighted by Gasteiger charge is -2.28. The molecule has 0 radical (unpaired) electrons. The fourth-order valence-electron chi connectivity index (χ4n) is 4.75. The number of aliphatic carboxylic acids is 1. The summed E-state index contributed by atoms with van der Waals surface area (Å²) in [5, 5.41) is 11.9. The summed E-state index contributed by atoms with van der Waals surface area (Å²) < 4.78 is 31.6. The Labute approximate surface area is 232 Å². The molecule has 0 spiro atoms. The smallest absolute Gasteiger partial charge is 0.453 e. The third kappa shape index (κ3) is 6.19. The van der Waals surface area contributed by atoms with Crippen LogP contribution in [0.2, 0.25) is 0 Å². The van der Waals surface area contributed by atoms with Gasteiger partial charge in [-0.1, -0.05) is 84.9 Å². The van der Waals surface area contributed by atoms with Crippen LogP contribution in [0, 0.1) is 0 Å². The van der Waals surface area contributed by atoms with E-state index in [0.29, 0.717) is 0 Å². The summed E-state index contributed by atoms with van der Waals surface area (Å²) in [6.07, 6.45) is -1.45. The van der Waals surface area contributed by atoms with Gasteiger partial charge in [-0.3, -0.25) is 4.79 Å². The Morgan fingerprint density at radius 3 is 1.73 bits per heavy atom. The maximum atomic E-state index is 14.3. The molecule has 40 heavy (non-hydrogen) atoms. The maximum Gasteiger partial charge on any atom is 0.453 e. The number of fused-ring (bicyclic) bond motifs is 3. The summed E-state index contributed by atoms with van der Waals surface area (Å²) in [7, 11) is -4.21. The SMILES string of the molecule is O=C(O)CCC(NC(=O)OCC1c2ccccc2-c2ccccc21)P(=O)(Oc1ccccc1)Oc1ccccc1. The van der Waals surface area contributed by atoms with Crippen LogP contribution in [0.3, 0.4) is 0 Å². The highest BCUT2D eigenvalue weighted by molar-refractivity contribution is 7.55. The number of rotatable bonds is 11. The minimum Gasteiger partial charge on any atom is -0.481 e. The van der Waals surface area contributed by atoms with Crippen molar-refractivity contribution in [2.75, 3.05) is 6.61 Å². The number of hydrogen-bond acceptors (Lipinski definition) is 6. The van der Waals surface area contributed by atoms with Crippen LogP contribution in [0.5, 0.6) is 11.5 Å². The second-order valence-corrected chi connectivity index (χ2v) is 11.3. The van der Waals surface area contributed by atoms with Gasteiger partial charge in [0.05, 0.1) is 0 Å². The van der Waals surface area contributed by atoms with Crippen molar-refractivity contribution in [3.8, 4) is 22.6 Å². The van der Waals surface area contributed by atoms with Crippen LogP contribution in [-0.2, 0) is 14.1 Å². The first-order valence-corrected chi connectivity index (χ1v) is 14.5. The van der Waals surface area contributed by atoms with E-state index >= 15 is 0 Å². The van der Waals surface area contributed by atoms with Crippen molar-refractivity contribution in [3.63, 3.8) is 0 Å². The summed E-state index contributed by atoms with van der Waals surface area (Å²) in [5.74, 6) is -2.11. The molecule has 0 bridgehead atoms. The van der Waals surface area contributed by atoms with Gasteiger partial charge in [-0.05, 0) is 52.9 Å². The largest absolute Gasteiger partial charge is 0.481 e. The minimum atomic E-state index is -4.21. The zero-order chi connectivity index (χ0) is 28.0. The van der Waals surface area contributed by atoms with Crippen LogP contribution in [-0.4, -0.2) is 29.6 Å². The highest BCUT2D eigenvalue weighted by Gasteiger charge is 2.41. The predicted octanol–water partition coefficient (Wildman–Crippen LogP) is 7.07. The van der Waals surface area contributed by atoms with Crippen molar-refractivity contribution in [1.82, 2.24) is 5.32 Å². The molecule has 1 aliphatic rings. The molecule has 0 aromatic heterocycles. The summed E-state index contributed by atoms with van der Waals surface area (Å²) >= 11 is 0. The van der Waals surface area contributed by atoms with Gasteiger partial charge in [-0.15, -0.1) is 0 Å². The topological polar surface area (TPSA) is 111 Å². The van der Waals surface area contributed by atoms with Gasteiger partial charge in [0.15, 0.2) is 5.78 Å². The Morgan fingerprint density at radius 2 is 1.23 bits per heavy atom. The van der Waals surface area contributed by atoms with E-state index in [1.54, 1.807) is 60.7 Å². The Kier molecular flexibility index (Phi) is 8.18. The Bertz CT molecular complexity index is 1440. The molecule has 204 valence electrons. The van der Waals surface area contributed by atoms with Gasteiger partial charge >= 0.3 is 19.7 Å². The lowest BCUT2D eigenvalue weighted by atomic mass is 9.98. The van der Waals surface area contributed by atoms with Crippen molar-refractivity contribution in [2.24, 2.45) is 0 Å². The average Bonchev–Trinajstić information content (AvgIpc) is 3.28. The second-order valence-electron chi connectivity index (χ2n) is 9.27. The van der Waals surface area contributed by atoms with Gasteiger partial charge in [0.2, 0.25) is 0 Å². The Balaban J connectivity index is 1.37. The number of benzene rings is 4. The van der Waals surface area contributed by atoms with Gasteiger partial charge in [-0.2, -0.15) is 0 Å². The Morgan fingerprint density at radius 1 is 0.750 bits per heavy atom. The molecule has 1 unspecified atom stereocenters. The summed E-state index contributed by atoms with van der Waals surface area (Å²) in [6, 6.07) is 32.7. The summed E-state index contributed by atoms with van der Waals surface area (Å²) in [4.78, 5) is 24.6. The molecule has 4 aromatic rings. The molecular weight excluding hydrogens is 529 g/mol. The van der Waals surface area contributed by atoms with Crippen LogP contribution in [0.1, 0.15) is 29.9 Å². The molecule has 0 saturated heterocycles. The Hall–Kier alpha value is -4.55. The van der Waals surface area contributed by atoms with E-state index in [4.69, 9.17) is 13.8 Å². The predicted molar refractivity (Wildman–Crippen MR) is 151 cm³/mol. The van der Waals surface area contributed by atoms with Crippen LogP contribution in [0.15, 0.2) is 109 Å². The lowest BCUT2D eigenvalue weighted by Crippen LogP contribution is -2.38. The molecule has 4 aromatic carbocycles. The normalized spacial score (nSPS) is 13.0. The van der Waals surface area contributed by atoms with Crippen molar-refractivity contribution in [2.45, 2.75) is 24.5 Å². The van der Waals surface area contributed by atoms with Gasteiger partial charge in [-0.25, -0.2) is 9.36 Å². The molecule has 1 amide bonds. The van der Waals surface area contributed by atoms with Crippen LogP contribution in [0.4, 0.5) is 4.79 Å². The van der Waals surface area contributed by atoms with Gasteiger partial charge in [0.1, 0.15) is 18.1 Å². The lowest BCUT2D eigenvalue weighted by molar-refractivity contribution is -0.137. The number of alkyl carbamates (subject to hydrolysis) is 1. The number of carbonyl (C=O) groups is 2. The van der Waals surface area contributed by atoms with E-state index in [-0.39, 0.29) is 36.9 Å². The van der Waals surface area contributed by atoms with E-state index in [1.807, 2.05) is 48.5 Å². The first kappa shape index (κ1) is 27.0. The second kappa shape index (κ2) is 12.1. The maximum absolute atomic E-state index is 14.3. The average molecular weight is 558 g/mol. The number of carbonyl (C=O) groups excluding carboxylic acids is 1. The molecule has 1 aliphatic carbocycles. The molecule has 0 saturated carbocycles. The molecule has 9 heteroatoms. The van der Waals surface area contributed by atoms with Gasteiger partial charge in [0.25, 0.3) is 0 Å². The van der Waals surface area contributed by atoms with Crippen LogP contribution >= 0.6 is 7.60 Å². The monoisotopic (exact) mass is 557 g/mol. The molecule has 2 N–H and O–H groups in total. The van der Waals surface area contributed by atoms with Crippen molar-refractivity contribution < 1.29 is 33.0 Å². The number of hydrogen-bond donors (Lipinski definition) is 2. The molecule has 0 fully saturated rings. The first-order chi connectivity index (χ1) is 19.4. The van der Waals surface area contributed by atoms with Gasteiger partial charge in [0, 0.05) is 12.3 Å². The number of para-hydroxylation sites is 2. The number of carboxylic acids is 1. The molecule has 8 nitrogen and oxygen atoms in total. The molecule has 1 atom stereocenters. The highest BCUT2D eigenvalue weighted by atomic mass is 31.2. The third-order valence-corrected chi connectivity index (χ3v) is 8.67. The summed E-state index contributed by atoms with van der Waals surface area (Å²) in [6.45, 7) is 0.0366. The fraction of sp³-hybridized carbons (Fsp3) is 0.161. The van der Waals surface area contributed by atoms with E-state index in [2.05, 4.69) is 5.32 Å². The molecule has 5 rings (SSSR count). The van der Waals surface area contributed by atoms with Crippen LogP contribution < -0.4 is 14.4 Å². The van der Waals surface area contributed by atoms with E-state index in [0.717, 1.165) is 22.3 Å². The van der Waals surface area contributed by atoms with Crippen molar-refractivity contribution in [1.29, 1.82) is 0 Å². The zero-order valence-electron chi connectivity index (χ0n) is 21.5. The number of carboxylic acid groups (broad SMARTS) is 1. The van der Waals surface area contributed by atoms with E-state index in [9.17, 15) is 19.3 Å². The summed E-state index contributed by atoms with van der Waals surface area (Å²) in [5.41, 5.74) is 4.26. The third-order valence-electron chi connectivity index (χ3n) is 6.59.